The van der Waals surface area contributed by atoms with Gasteiger partial charge in [0, 0.05) is 12.1 Å². The van der Waals surface area contributed by atoms with E-state index in [1.807, 2.05) is 18.2 Å². The lowest BCUT2D eigenvalue weighted by Crippen LogP contribution is -2.35. The second-order valence-corrected chi connectivity index (χ2v) is 4.87. The van der Waals surface area contributed by atoms with Crippen molar-refractivity contribution in [3.05, 3.63) is 65.5 Å². The molecule has 0 fully saturated rings. The van der Waals surface area contributed by atoms with Gasteiger partial charge in [-0.15, -0.1) is 0 Å². The van der Waals surface area contributed by atoms with E-state index in [0.29, 0.717) is 11.3 Å². The predicted octanol–water partition coefficient (Wildman–Crippen LogP) is 2.40. The Balaban J connectivity index is 1.89. The van der Waals surface area contributed by atoms with Crippen LogP contribution in [0.5, 0.6) is 5.75 Å². The van der Waals surface area contributed by atoms with E-state index in [1.54, 1.807) is 25.1 Å². The Hall–Kier alpha value is -2.40. The van der Waals surface area contributed by atoms with Crippen molar-refractivity contribution in [2.24, 2.45) is 0 Å². The lowest BCUT2D eigenvalue weighted by molar-refractivity contribution is -0.127. The molecule has 1 amide bonds. The Labute approximate surface area is 128 Å². The highest BCUT2D eigenvalue weighted by atomic mass is 19.1. The largest absolute Gasteiger partial charge is 0.481 e. The maximum atomic E-state index is 13.3. The van der Waals surface area contributed by atoms with Crippen LogP contribution in [0.2, 0.25) is 0 Å². The molecule has 0 aliphatic carbocycles. The van der Waals surface area contributed by atoms with Gasteiger partial charge in [-0.25, -0.2) is 4.39 Å². The zero-order valence-electron chi connectivity index (χ0n) is 12.3. The number of nitrogens with one attached hydrogen (secondary N) is 1. The van der Waals surface area contributed by atoms with Crippen molar-refractivity contribution in [2.45, 2.75) is 26.2 Å². The van der Waals surface area contributed by atoms with Crippen molar-refractivity contribution in [1.82, 2.24) is 5.32 Å². The smallest absolute Gasteiger partial charge is 0.261 e. The van der Waals surface area contributed by atoms with Crippen LogP contribution in [0, 0.1) is 5.82 Å². The van der Waals surface area contributed by atoms with Crippen LogP contribution in [0.1, 0.15) is 18.1 Å². The molecule has 1 unspecified atom stereocenters. The second-order valence-electron chi connectivity index (χ2n) is 4.87. The zero-order chi connectivity index (χ0) is 15.9. The molecule has 2 aromatic carbocycles. The fraction of sp³-hybridized carbons (Fsp3) is 0.235. The molecular weight excluding hydrogens is 285 g/mol. The first-order valence-corrected chi connectivity index (χ1v) is 6.97. The summed E-state index contributed by atoms with van der Waals surface area (Å²) in [6.07, 6.45) is -0.639. The van der Waals surface area contributed by atoms with Gasteiger partial charge in [-0.1, -0.05) is 24.3 Å². The number of aliphatic hydroxyl groups excluding tert-OH is 1. The van der Waals surface area contributed by atoms with Gasteiger partial charge in [-0.3, -0.25) is 4.79 Å². The van der Waals surface area contributed by atoms with E-state index in [0.717, 1.165) is 0 Å². The Morgan fingerprint density at radius 3 is 2.68 bits per heavy atom. The van der Waals surface area contributed by atoms with E-state index in [2.05, 4.69) is 5.32 Å². The number of ether oxygens (including phenoxy) is 1. The normalized spacial score (nSPS) is 11.8. The summed E-state index contributed by atoms with van der Waals surface area (Å²) < 4.78 is 18.8. The van der Waals surface area contributed by atoms with Gasteiger partial charge < -0.3 is 15.2 Å². The summed E-state index contributed by atoms with van der Waals surface area (Å²) in [5.74, 6) is -0.105. The number of rotatable bonds is 6. The number of hydrogen-bond donors (Lipinski definition) is 2. The molecule has 2 rings (SSSR count). The number of para-hydroxylation sites is 1. The van der Waals surface area contributed by atoms with E-state index in [-0.39, 0.29) is 24.6 Å². The molecule has 1 atom stereocenters. The number of carbonyl (C=O) groups is 1. The third-order valence-corrected chi connectivity index (χ3v) is 3.17. The van der Waals surface area contributed by atoms with Gasteiger partial charge in [0.15, 0.2) is 6.10 Å². The summed E-state index contributed by atoms with van der Waals surface area (Å²) >= 11 is 0. The van der Waals surface area contributed by atoms with Crippen molar-refractivity contribution in [1.29, 1.82) is 0 Å². The van der Waals surface area contributed by atoms with E-state index in [9.17, 15) is 9.18 Å². The summed E-state index contributed by atoms with van der Waals surface area (Å²) in [5.41, 5.74) is 0.922. The van der Waals surface area contributed by atoms with Crippen molar-refractivity contribution < 1.29 is 19.0 Å². The van der Waals surface area contributed by atoms with E-state index >= 15 is 0 Å². The van der Waals surface area contributed by atoms with Gasteiger partial charge in [0.05, 0.1) is 6.61 Å². The second kappa shape index (κ2) is 7.56. The van der Waals surface area contributed by atoms with Gasteiger partial charge in [-0.2, -0.15) is 0 Å². The highest BCUT2D eigenvalue weighted by Gasteiger charge is 2.14. The minimum atomic E-state index is -0.639. The molecule has 0 radical (unpaired) electrons. The molecule has 116 valence electrons. The van der Waals surface area contributed by atoms with Gasteiger partial charge in [-0.05, 0) is 36.8 Å². The van der Waals surface area contributed by atoms with E-state index < -0.39 is 11.9 Å². The molecular formula is C17H18FNO3. The van der Waals surface area contributed by atoms with Crippen molar-refractivity contribution in [3.63, 3.8) is 0 Å². The summed E-state index contributed by atoms with van der Waals surface area (Å²) in [4.78, 5) is 12.0. The molecule has 0 saturated heterocycles. The van der Waals surface area contributed by atoms with Crippen molar-refractivity contribution >= 4 is 5.91 Å². The fourth-order valence-corrected chi connectivity index (χ4v) is 1.95. The third kappa shape index (κ3) is 4.30. The molecule has 0 heterocycles. The maximum Gasteiger partial charge on any atom is 0.261 e. The van der Waals surface area contributed by atoms with E-state index in [1.165, 1.54) is 12.1 Å². The van der Waals surface area contributed by atoms with Gasteiger partial charge in [0.1, 0.15) is 11.6 Å². The van der Waals surface area contributed by atoms with Crippen molar-refractivity contribution in [3.8, 4) is 5.75 Å². The van der Waals surface area contributed by atoms with Gasteiger partial charge in [0.25, 0.3) is 5.91 Å². The number of benzene rings is 2. The highest BCUT2D eigenvalue weighted by Crippen LogP contribution is 2.12. The lowest BCUT2D eigenvalue weighted by atomic mass is 10.1. The van der Waals surface area contributed by atoms with Crippen LogP contribution < -0.4 is 10.1 Å². The van der Waals surface area contributed by atoms with Crippen LogP contribution in [0.3, 0.4) is 0 Å². The van der Waals surface area contributed by atoms with Crippen LogP contribution in [0.4, 0.5) is 4.39 Å². The summed E-state index contributed by atoms with van der Waals surface area (Å²) in [6.45, 7) is 1.53. The maximum absolute atomic E-state index is 13.3. The Kier molecular flexibility index (Phi) is 5.49. The zero-order valence-corrected chi connectivity index (χ0v) is 12.3. The number of amides is 1. The molecule has 2 aromatic rings. The standard InChI is InChI=1S/C17H18FNO3/c1-12(22-15-5-3-2-4-6-15)17(21)19-10-13-7-8-16(18)14(9-13)11-20/h2-9,12,20H,10-11H2,1H3,(H,19,21). The van der Waals surface area contributed by atoms with Crippen LogP contribution in [-0.4, -0.2) is 17.1 Å². The Morgan fingerprint density at radius 2 is 2.00 bits per heavy atom. The number of aliphatic hydroxyl groups is 1. The van der Waals surface area contributed by atoms with E-state index in [4.69, 9.17) is 9.84 Å². The third-order valence-electron chi connectivity index (χ3n) is 3.17. The van der Waals surface area contributed by atoms with Gasteiger partial charge in [0.2, 0.25) is 0 Å². The summed E-state index contributed by atoms with van der Waals surface area (Å²) in [7, 11) is 0. The van der Waals surface area contributed by atoms with Gasteiger partial charge >= 0.3 is 0 Å². The molecule has 0 saturated carbocycles. The summed E-state index contributed by atoms with van der Waals surface area (Å²) in [5, 5.41) is 11.7. The molecule has 0 bridgehead atoms. The summed E-state index contributed by atoms with van der Waals surface area (Å²) in [6, 6.07) is 13.4. The minimum absolute atomic E-state index is 0.209. The quantitative estimate of drug-likeness (QED) is 0.861. The number of halogens is 1. The predicted molar refractivity (Wildman–Crippen MR) is 80.7 cm³/mol. The first-order chi connectivity index (χ1) is 10.6. The first-order valence-electron chi connectivity index (χ1n) is 6.97. The fourth-order valence-electron chi connectivity index (χ4n) is 1.95. The lowest BCUT2D eigenvalue weighted by Gasteiger charge is -2.15. The Morgan fingerprint density at radius 1 is 1.27 bits per heavy atom. The first kappa shape index (κ1) is 16.0. The molecule has 4 nitrogen and oxygen atoms in total. The monoisotopic (exact) mass is 303 g/mol. The molecule has 0 aliphatic rings. The molecule has 0 spiro atoms. The minimum Gasteiger partial charge on any atom is -0.481 e. The molecule has 5 heteroatoms. The number of carbonyl (C=O) groups excluding carboxylic acids is 1. The van der Waals surface area contributed by atoms with Crippen LogP contribution >= 0.6 is 0 Å². The van der Waals surface area contributed by atoms with Crippen molar-refractivity contribution in [2.75, 3.05) is 0 Å². The Bertz CT molecular complexity index is 631. The molecule has 2 N–H and O–H groups in total. The number of hydrogen-bond acceptors (Lipinski definition) is 3. The van der Waals surface area contributed by atoms with Crippen LogP contribution in [0.15, 0.2) is 48.5 Å². The molecule has 0 aliphatic heterocycles. The average Bonchev–Trinajstić information content (AvgIpc) is 2.54. The average molecular weight is 303 g/mol. The molecule has 0 aromatic heterocycles. The highest BCUT2D eigenvalue weighted by molar-refractivity contribution is 5.80. The molecule has 22 heavy (non-hydrogen) atoms. The SMILES string of the molecule is CC(Oc1ccccc1)C(=O)NCc1ccc(F)c(CO)c1. The topological polar surface area (TPSA) is 58.6 Å². The van der Waals surface area contributed by atoms with Crippen LogP contribution in [-0.2, 0) is 17.9 Å². The van der Waals surface area contributed by atoms with Crippen LogP contribution in [0.25, 0.3) is 0 Å².